The summed E-state index contributed by atoms with van der Waals surface area (Å²) in [5, 5.41) is 23.2. The predicted octanol–water partition coefficient (Wildman–Crippen LogP) is 4.82. The molecule has 144 valence electrons. The summed E-state index contributed by atoms with van der Waals surface area (Å²) in [6, 6.07) is -0.0335. The summed E-state index contributed by atoms with van der Waals surface area (Å²) in [6.07, 6.45) is -5.41. The molecule has 0 saturated heterocycles. The van der Waals surface area contributed by atoms with Gasteiger partial charge < -0.3 is 5.32 Å². The molecule has 7 nitrogen and oxygen atoms in total. The summed E-state index contributed by atoms with van der Waals surface area (Å²) in [5.41, 5.74) is -7.73. The molecule has 27 heavy (non-hydrogen) atoms. The van der Waals surface area contributed by atoms with E-state index in [1.54, 1.807) is 0 Å². The van der Waals surface area contributed by atoms with Crippen LogP contribution in [0.25, 0.3) is 0 Å². The van der Waals surface area contributed by atoms with E-state index in [1.165, 1.54) is 5.32 Å². The highest BCUT2D eigenvalue weighted by Gasteiger charge is 2.40. The third kappa shape index (κ3) is 3.73. The monoisotopic (exact) mass is 399 g/mol. The van der Waals surface area contributed by atoms with Crippen LogP contribution in [0.2, 0.25) is 0 Å². The number of benzene rings is 2. The van der Waals surface area contributed by atoms with Crippen LogP contribution < -0.4 is 5.32 Å². The Labute approximate surface area is 143 Å². The van der Waals surface area contributed by atoms with E-state index in [-0.39, 0.29) is 18.2 Å². The van der Waals surface area contributed by atoms with Crippen LogP contribution in [0.15, 0.2) is 18.2 Å². The fourth-order valence-electron chi connectivity index (χ4n) is 2.01. The molecule has 0 aliphatic heterocycles. The van der Waals surface area contributed by atoms with Gasteiger partial charge in [0.05, 0.1) is 27.2 Å². The molecular weight excluding hydrogens is 395 g/mol. The minimum absolute atomic E-state index is 0.0704. The van der Waals surface area contributed by atoms with E-state index in [9.17, 15) is 51.0 Å². The first-order chi connectivity index (χ1) is 12.3. The number of nitro groups is 2. The van der Waals surface area contributed by atoms with Crippen LogP contribution >= 0.6 is 0 Å². The summed E-state index contributed by atoms with van der Waals surface area (Å²) in [5.74, 6) is -8.79. The van der Waals surface area contributed by atoms with Crippen molar-refractivity contribution in [3.05, 3.63) is 67.3 Å². The third-order valence-electron chi connectivity index (χ3n) is 3.18. The molecule has 0 radical (unpaired) electrons. The summed E-state index contributed by atoms with van der Waals surface area (Å²) in [7, 11) is 0. The number of hydrogen-bond donors (Lipinski definition) is 1. The first-order valence-electron chi connectivity index (χ1n) is 6.48. The van der Waals surface area contributed by atoms with Crippen molar-refractivity contribution in [2.75, 3.05) is 5.32 Å². The van der Waals surface area contributed by atoms with Crippen molar-refractivity contribution in [2.24, 2.45) is 0 Å². The minimum Gasteiger partial charge on any atom is -0.347 e. The van der Waals surface area contributed by atoms with Gasteiger partial charge in [0, 0.05) is 12.1 Å². The summed E-state index contributed by atoms with van der Waals surface area (Å²) < 4.78 is 92.6. The highest BCUT2D eigenvalue weighted by Crippen LogP contribution is 2.44. The molecule has 1 N–H and O–H groups in total. The van der Waals surface area contributed by atoms with E-state index < -0.39 is 67.6 Å². The van der Waals surface area contributed by atoms with Gasteiger partial charge in [-0.1, -0.05) is 0 Å². The first-order valence-corrected chi connectivity index (χ1v) is 6.48. The van der Waals surface area contributed by atoms with E-state index >= 15 is 0 Å². The van der Waals surface area contributed by atoms with Gasteiger partial charge in [-0.25, -0.2) is 17.6 Å². The molecule has 0 heterocycles. The number of non-ortho nitro benzene ring substituents is 1. The average molecular weight is 399 g/mol. The molecular formula is C13H4F7N3O4. The number of nitrogens with zero attached hydrogens (tertiary/aromatic N) is 2. The van der Waals surface area contributed by atoms with Gasteiger partial charge >= 0.3 is 6.18 Å². The minimum atomic E-state index is -5.41. The average Bonchev–Trinajstić information content (AvgIpc) is 2.56. The molecule has 0 amide bonds. The molecule has 2 aromatic carbocycles. The van der Waals surface area contributed by atoms with Crippen molar-refractivity contribution in [3.8, 4) is 0 Å². The highest BCUT2D eigenvalue weighted by molar-refractivity contribution is 5.76. The van der Waals surface area contributed by atoms with Gasteiger partial charge in [0.25, 0.3) is 11.4 Å². The van der Waals surface area contributed by atoms with Crippen molar-refractivity contribution in [2.45, 2.75) is 6.18 Å². The number of hydrogen-bond acceptors (Lipinski definition) is 5. The van der Waals surface area contributed by atoms with Crippen LogP contribution in [0.5, 0.6) is 0 Å². The first kappa shape index (κ1) is 19.9. The Kier molecular flexibility index (Phi) is 4.93. The Morgan fingerprint density at radius 2 is 1.44 bits per heavy atom. The molecule has 0 saturated carbocycles. The maximum absolute atomic E-state index is 13.7. The van der Waals surface area contributed by atoms with Crippen LogP contribution in [0.4, 0.5) is 53.5 Å². The van der Waals surface area contributed by atoms with Crippen LogP contribution in [0.3, 0.4) is 0 Å². The lowest BCUT2D eigenvalue weighted by Gasteiger charge is -2.15. The molecule has 0 aliphatic carbocycles. The quantitative estimate of drug-likeness (QED) is 0.261. The number of anilines is 2. The summed E-state index contributed by atoms with van der Waals surface area (Å²) in [6.45, 7) is 0. The normalized spacial score (nSPS) is 11.4. The highest BCUT2D eigenvalue weighted by atomic mass is 19.4. The molecule has 0 fully saturated rings. The second-order valence-electron chi connectivity index (χ2n) is 4.87. The Balaban J connectivity index is 2.80. The van der Waals surface area contributed by atoms with E-state index in [0.29, 0.717) is 0 Å². The molecule has 0 spiro atoms. The van der Waals surface area contributed by atoms with Gasteiger partial charge in [0.1, 0.15) is 5.69 Å². The van der Waals surface area contributed by atoms with E-state index in [1.807, 2.05) is 0 Å². The lowest BCUT2D eigenvalue weighted by molar-refractivity contribution is -0.394. The van der Waals surface area contributed by atoms with Gasteiger partial charge in [-0.2, -0.15) is 13.2 Å². The smallest absolute Gasteiger partial charge is 0.347 e. The molecule has 2 rings (SSSR count). The molecule has 14 heteroatoms. The Morgan fingerprint density at radius 1 is 0.852 bits per heavy atom. The number of alkyl halides is 3. The van der Waals surface area contributed by atoms with Gasteiger partial charge in [-0.3, -0.25) is 20.2 Å². The Morgan fingerprint density at radius 3 is 1.93 bits per heavy atom. The van der Waals surface area contributed by atoms with Gasteiger partial charge in [-0.15, -0.1) is 0 Å². The van der Waals surface area contributed by atoms with Crippen LogP contribution in [-0.2, 0) is 6.18 Å². The van der Waals surface area contributed by atoms with Gasteiger partial charge in [0.2, 0.25) is 0 Å². The zero-order valence-corrected chi connectivity index (χ0v) is 12.4. The number of rotatable bonds is 4. The standard InChI is InChI=1S/C13H4F7N3O4/c14-6-3-7(10(16)11(17)9(6)15)21-12-5(13(18,19)20)1-4(22(24)25)2-8(12)23(26)27/h1-3,21H. The van der Waals surface area contributed by atoms with E-state index in [0.717, 1.165) is 0 Å². The Hall–Kier alpha value is -3.45. The summed E-state index contributed by atoms with van der Waals surface area (Å²) >= 11 is 0. The fourth-order valence-corrected chi connectivity index (χ4v) is 2.01. The molecule has 0 aromatic heterocycles. The van der Waals surface area contributed by atoms with Crippen molar-refractivity contribution in [1.29, 1.82) is 0 Å². The van der Waals surface area contributed by atoms with Crippen molar-refractivity contribution in [3.63, 3.8) is 0 Å². The number of nitrogens with one attached hydrogen (secondary N) is 1. The van der Waals surface area contributed by atoms with Crippen LogP contribution in [-0.4, -0.2) is 9.85 Å². The lowest BCUT2D eigenvalue weighted by Crippen LogP contribution is -2.13. The number of nitro benzene ring substituents is 2. The fraction of sp³-hybridized carbons (Fsp3) is 0.0769. The van der Waals surface area contributed by atoms with E-state index in [2.05, 4.69) is 0 Å². The largest absolute Gasteiger partial charge is 0.418 e. The lowest BCUT2D eigenvalue weighted by atomic mass is 10.1. The van der Waals surface area contributed by atoms with Crippen LogP contribution in [0, 0.1) is 43.5 Å². The zero-order chi connectivity index (χ0) is 20.7. The second kappa shape index (κ2) is 6.69. The van der Waals surface area contributed by atoms with Crippen LogP contribution in [0.1, 0.15) is 5.56 Å². The van der Waals surface area contributed by atoms with Crippen molar-refractivity contribution in [1.82, 2.24) is 0 Å². The van der Waals surface area contributed by atoms with Gasteiger partial charge in [-0.05, 0) is 0 Å². The molecule has 2 aromatic rings. The molecule has 0 unspecified atom stereocenters. The van der Waals surface area contributed by atoms with Crippen molar-refractivity contribution < 1.29 is 40.6 Å². The van der Waals surface area contributed by atoms with Gasteiger partial charge in [0.15, 0.2) is 23.3 Å². The second-order valence-corrected chi connectivity index (χ2v) is 4.87. The topological polar surface area (TPSA) is 98.3 Å². The van der Waals surface area contributed by atoms with E-state index in [4.69, 9.17) is 0 Å². The maximum atomic E-state index is 13.7. The molecule has 0 atom stereocenters. The molecule has 0 aliphatic rings. The third-order valence-corrected chi connectivity index (χ3v) is 3.18. The zero-order valence-electron chi connectivity index (χ0n) is 12.4. The molecule has 0 bridgehead atoms. The predicted molar refractivity (Wildman–Crippen MR) is 74.3 cm³/mol. The number of halogens is 7. The van der Waals surface area contributed by atoms with Crippen molar-refractivity contribution >= 4 is 22.7 Å². The maximum Gasteiger partial charge on any atom is 0.418 e. The summed E-state index contributed by atoms with van der Waals surface area (Å²) in [4.78, 5) is 18.9. The SMILES string of the molecule is O=[N+]([O-])c1cc([N+](=O)[O-])c(Nc2cc(F)c(F)c(F)c2F)c(C(F)(F)F)c1. The Bertz CT molecular complexity index is 962.